The molecule has 2 aliphatic rings. The number of rotatable bonds is 10. The van der Waals surface area contributed by atoms with Crippen molar-refractivity contribution in [1.82, 2.24) is 0 Å². The molecule has 2 aliphatic carbocycles. The summed E-state index contributed by atoms with van der Waals surface area (Å²) in [5.41, 5.74) is 7.40. The van der Waals surface area contributed by atoms with E-state index in [1.807, 2.05) is 12.2 Å². The van der Waals surface area contributed by atoms with Crippen LogP contribution in [0.1, 0.15) is 82.1 Å². The average Bonchev–Trinajstić information content (AvgIpc) is 2.84. The van der Waals surface area contributed by atoms with Crippen LogP contribution in [-0.2, 0) is 0 Å². The van der Waals surface area contributed by atoms with E-state index < -0.39 is 0 Å². The first-order valence-corrected chi connectivity index (χ1v) is 15.4. The first-order chi connectivity index (χ1) is 19.6. The van der Waals surface area contributed by atoms with Crippen molar-refractivity contribution in [2.45, 2.75) is 94.3 Å². The summed E-state index contributed by atoms with van der Waals surface area (Å²) >= 11 is 0. The molecule has 228 valence electrons. The highest BCUT2D eigenvalue weighted by Gasteiger charge is 2.35. The van der Waals surface area contributed by atoms with Crippen LogP contribution in [0.25, 0.3) is 0 Å². The van der Waals surface area contributed by atoms with Crippen molar-refractivity contribution >= 4 is 0 Å². The molecule has 0 aromatic heterocycles. The third-order valence-corrected chi connectivity index (χ3v) is 8.41. The number of hydrogen-bond donors (Lipinski definition) is 2. The molecule has 0 bridgehead atoms. The minimum absolute atomic E-state index is 0.0574. The molecule has 0 radical (unpaired) electrons. The summed E-state index contributed by atoms with van der Waals surface area (Å²) in [4.78, 5) is 0. The maximum atomic E-state index is 10.1. The van der Waals surface area contributed by atoms with E-state index in [1.54, 1.807) is 0 Å². The molecule has 0 fully saturated rings. The van der Waals surface area contributed by atoms with Gasteiger partial charge in [-0.15, -0.1) is 0 Å². The lowest BCUT2D eigenvalue weighted by atomic mass is 9.67. The van der Waals surface area contributed by atoms with Gasteiger partial charge in [0.25, 0.3) is 0 Å². The Morgan fingerprint density at radius 1 is 0.571 bits per heavy atom. The summed E-state index contributed by atoms with van der Waals surface area (Å²) in [6.07, 6.45) is 35.0. The maximum Gasteiger partial charge on any atom is 0.0729 e. The van der Waals surface area contributed by atoms with Crippen LogP contribution in [-0.4, -0.2) is 22.4 Å². The van der Waals surface area contributed by atoms with Gasteiger partial charge in [0.15, 0.2) is 0 Å². The zero-order valence-electron chi connectivity index (χ0n) is 27.9. The third-order valence-electron chi connectivity index (χ3n) is 8.41. The van der Waals surface area contributed by atoms with E-state index >= 15 is 0 Å². The molecular formula is C40H56O2. The molecule has 0 saturated carbocycles. The molecule has 4 atom stereocenters. The fourth-order valence-corrected chi connectivity index (χ4v) is 6.16. The molecule has 0 aromatic carbocycles. The molecule has 0 unspecified atom stereocenters. The van der Waals surface area contributed by atoms with Crippen molar-refractivity contribution in [1.29, 1.82) is 0 Å². The van der Waals surface area contributed by atoms with Crippen LogP contribution in [0.2, 0.25) is 0 Å². The number of aliphatic hydroxyl groups is 2. The van der Waals surface area contributed by atoms with Crippen molar-refractivity contribution in [2.75, 3.05) is 0 Å². The molecule has 2 nitrogen and oxygen atoms in total. The van der Waals surface area contributed by atoms with Crippen molar-refractivity contribution in [3.63, 3.8) is 0 Å². The second-order valence-corrected chi connectivity index (χ2v) is 13.8. The molecule has 2 heteroatoms. The van der Waals surface area contributed by atoms with Crippen LogP contribution < -0.4 is 0 Å². The Hall–Kier alpha value is -2.94. The Balaban J connectivity index is 1.89. The molecule has 2 N–H and O–H groups in total. The second-order valence-electron chi connectivity index (χ2n) is 13.8. The van der Waals surface area contributed by atoms with E-state index in [4.69, 9.17) is 0 Å². The number of hydrogen-bond acceptors (Lipinski definition) is 2. The lowest BCUT2D eigenvalue weighted by molar-refractivity contribution is 0.117. The zero-order valence-corrected chi connectivity index (χ0v) is 27.9. The summed E-state index contributed by atoms with van der Waals surface area (Å²) < 4.78 is 0. The van der Waals surface area contributed by atoms with E-state index in [0.717, 1.165) is 12.8 Å². The predicted molar refractivity (Wildman–Crippen MR) is 184 cm³/mol. The Bertz CT molecular complexity index is 1160. The zero-order chi connectivity index (χ0) is 31.5. The second kappa shape index (κ2) is 16.1. The van der Waals surface area contributed by atoms with E-state index in [0.29, 0.717) is 11.8 Å². The Morgan fingerprint density at radius 2 is 0.881 bits per heavy atom. The molecule has 2 rings (SSSR count). The molecule has 42 heavy (non-hydrogen) atoms. The summed E-state index contributed by atoms with van der Waals surface area (Å²) in [5.74, 6) is 0.696. The average molecular weight is 569 g/mol. The highest BCUT2D eigenvalue weighted by atomic mass is 16.3. The third kappa shape index (κ3) is 11.7. The molecule has 0 amide bonds. The fraction of sp³-hybridized carbons (Fsp3) is 0.450. The largest absolute Gasteiger partial charge is 0.389 e. The predicted octanol–water partition coefficient (Wildman–Crippen LogP) is 10.3. The lowest BCUT2D eigenvalue weighted by Gasteiger charge is -2.38. The van der Waals surface area contributed by atoms with Crippen LogP contribution >= 0.6 is 0 Å². The van der Waals surface area contributed by atoms with E-state index in [2.05, 4.69) is 154 Å². The van der Waals surface area contributed by atoms with Crippen molar-refractivity contribution in [2.24, 2.45) is 22.7 Å². The van der Waals surface area contributed by atoms with Gasteiger partial charge in [-0.1, -0.05) is 158 Å². The lowest BCUT2D eigenvalue weighted by Crippen LogP contribution is -2.32. The van der Waals surface area contributed by atoms with Crippen LogP contribution in [0.3, 0.4) is 0 Å². The highest BCUT2D eigenvalue weighted by molar-refractivity contribution is 5.33. The normalized spacial score (nSPS) is 28.1. The van der Waals surface area contributed by atoms with E-state index in [9.17, 15) is 10.2 Å². The van der Waals surface area contributed by atoms with Gasteiger partial charge in [0.2, 0.25) is 0 Å². The Kier molecular flexibility index (Phi) is 13.5. The minimum atomic E-state index is -0.331. The van der Waals surface area contributed by atoms with Gasteiger partial charge >= 0.3 is 0 Å². The summed E-state index contributed by atoms with van der Waals surface area (Å²) in [5, 5.41) is 20.1. The fourth-order valence-electron chi connectivity index (χ4n) is 6.16. The molecule has 0 spiro atoms. The van der Waals surface area contributed by atoms with Gasteiger partial charge in [-0.2, -0.15) is 0 Å². The van der Waals surface area contributed by atoms with Gasteiger partial charge < -0.3 is 10.2 Å². The first kappa shape index (κ1) is 35.3. The van der Waals surface area contributed by atoms with Gasteiger partial charge in [0, 0.05) is 11.8 Å². The SMILES string of the molecule is CC1=C[C@@H](O)CC(C)(C)[C@@H]1/C=C/C(C)=C/C=C/C(C)=C/C=C/C=C(C)/C=C/C=C(C)/C=C/[C@H]1C(C)=C[C@@H](O)CC1(C)C. The van der Waals surface area contributed by atoms with E-state index in [1.165, 1.54) is 33.4 Å². The summed E-state index contributed by atoms with van der Waals surface area (Å²) in [6.45, 7) is 21.6. The van der Waals surface area contributed by atoms with Crippen molar-refractivity contribution in [3.05, 3.63) is 131 Å². The molecule has 0 aromatic rings. The van der Waals surface area contributed by atoms with Crippen molar-refractivity contribution in [3.8, 4) is 0 Å². The molecule has 0 saturated heterocycles. The van der Waals surface area contributed by atoms with Crippen LogP contribution in [0, 0.1) is 22.7 Å². The Labute approximate surface area is 257 Å². The standard InChI is InChI=1S/C40H56O2/c1-29(17-13-19-31(3)21-23-37-33(5)25-35(41)27-39(37,7)8)15-11-12-16-30(2)18-14-20-32(4)22-24-38-34(6)26-36(42)28-40(38,9)10/h11-26,35-38,41-42H,27-28H2,1-10H3/b12-11+,17-13+,18-14+,23-21+,24-22+,29-15+,30-16+,31-19+,32-20+/t35-,36-,37-,38+/m1/s1. The Morgan fingerprint density at radius 3 is 1.21 bits per heavy atom. The summed E-state index contributed by atoms with van der Waals surface area (Å²) in [6, 6.07) is 0. The molecule has 0 aliphatic heterocycles. The van der Waals surface area contributed by atoms with Gasteiger partial charge in [-0.3, -0.25) is 0 Å². The van der Waals surface area contributed by atoms with E-state index in [-0.39, 0.29) is 23.0 Å². The van der Waals surface area contributed by atoms with Crippen molar-refractivity contribution < 1.29 is 10.2 Å². The van der Waals surface area contributed by atoms with Gasteiger partial charge in [0.1, 0.15) is 0 Å². The topological polar surface area (TPSA) is 40.5 Å². The number of aliphatic hydroxyl groups excluding tert-OH is 2. The van der Waals surface area contributed by atoms with Crippen LogP contribution in [0.5, 0.6) is 0 Å². The first-order valence-electron chi connectivity index (χ1n) is 15.4. The minimum Gasteiger partial charge on any atom is -0.389 e. The number of allylic oxidation sites excluding steroid dienone is 20. The summed E-state index contributed by atoms with van der Waals surface area (Å²) in [7, 11) is 0. The van der Waals surface area contributed by atoms with Crippen LogP contribution in [0.4, 0.5) is 0 Å². The molecular weight excluding hydrogens is 512 g/mol. The monoisotopic (exact) mass is 568 g/mol. The quantitative estimate of drug-likeness (QED) is 0.203. The van der Waals surface area contributed by atoms with Gasteiger partial charge in [-0.25, -0.2) is 0 Å². The maximum absolute atomic E-state index is 10.1. The van der Waals surface area contributed by atoms with Gasteiger partial charge in [-0.05, 0) is 65.2 Å². The smallest absolute Gasteiger partial charge is 0.0729 e. The van der Waals surface area contributed by atoms with Gasteiger partial charge in [0.05, 0.1) is 12.2 Å². The molecule has 0 heterocycles. The van der Waals surface area contributed by atoms with Crippen LogP contribution in [0.15, 0.2) is 131 Å². The highest BCUT2D eigenvalue weighted by Crippen LogP contribution is 2.42.